The van der Waals surface area contributed by atoms with Crippen molar-refractivity contribution in [2.24, 2.45) is 0 Å². The van der Waals surface area contributed by atoms with Crippen molar-refractivity contribution in [2.45, 2.75) is 39.3 Å². The topological polar surface area (TPSA) is 115 Å². The zero-order valence-corrected chi connectivity index (χ0v) is 23.9. The van der Waals surface area contributed by atoms with Gasteiger partial charge in [-0.05, 0) is 86.0 Å². The molecule has 0 saturated heterocycles. The molecule has 0 fully saturated rings. The molecule has 2 N–H and O–H groups in total. The van der Waals surface area contributed by atoms with E-state index >= 15 is 4.39 Å². The smallest absolute Gasteiger partial charge is 0.326 e. The van der Waals surface area contributed by atoms with E-state index in [0.29, 0.717) is 16.7 Å². The van der Waals surface area contributed by atoms with Gasteiger partial charge in [-0.1, -0.05) is 53.2 Å². The molecule has 1 amide bonds. The van der Waals surface area contributed by atoms with Gasteiger partial charge in [-0.2, -0.15) is 4.98 Å². The Morgan fingerprint density at radius 3 is 2.33 bits per heavy atom. The lowest BCUT2D eigenvalue weighted by molar-refractivity contribution is -0.139. The number of nitrogens with one attached hydrogen (secondary N) is 1. The Kier molecular flexibility index (Phi) is 8.61. The molecule has 8 nitrogen and oxygen atoms in total. The molecule has 1 atom stereocenters. The van der Waals surface area contributed by atoms with E-state index in [2.05, 4.69) is 15.5 Å². The number of carboxylic acid groups (broad SMARTS) is 1. The number of carbonyl (C=O) groups is 2. The van der Waals surface area contributed by atoms with Gasteiger partial charge in [0.1, 0.15) is 17.6 Å². The highest BCUT2D eigenvalue weighted by Gasteiger charge is 2.23. The summed E-state index contributed by atoms with van der Waals surface area (Å²) in [7, 11) is 0. The highest BCUT2D eigenvalue weighted by Crippen LogP contribution is 2.26. The second-order valence-electron chi connectivity index (χ2n) is 10.4. The molecule has 0 saturated carbocycles. The van der Waals surface area contributed by atoms with Crippen LogP contribution in [-0.4, -0.2) is 39.3 Å². The number of amides is 1. The highest BCUT2D eigenvalue weighted by atomic mass is 19.1. The molecule has 43 heavy (non-hydrogen) atoms. The normalized spacial score (nSPS) is 11.7. The minimum atomic E-state index is -1.29. The average Bonchev–Trinajstić information content (AvgIpc) is 3.47. The predicted octanol–water partition coefficient (Wildman–Crippen LogP) is 6.73. The van der Waals surface area contributed by atoms with Crippen LogP contribution in [0.5, 0.6) is 5.75 Å². The maximum atomic E-state index is 15.1. The van der Waals surface area contributed by atoms with E-state index in [1.807, 2.05) is 75.4 Å². The first kappa shape index (κ1) is 29.2. The molecule has 4 aromatic carbocycles. The third kappa shape index (κ3) is 7.13. The summed E-state index contributed by atoms with van der Waals surface area (Å²) in [5.74, 6) is -1.36. The molecule has 1 unspecified atom stereocenters. The molecular weight excluding hydrogens is 549 g/mol. The Balaban J connectivity index is 1.27. The maximum absolute atomic E-state index is 15.1. The predicted molar refractivity (Wildman–Crippen MR) is 160 cm³/mol. The van der Waals surface area contributed by atoms with Crippen LogP contribution >= 0.6 is 0 Å². The first-order valence-electron chi connectivity index (χ1n) is 13.8. The van der Waals surface area contributed by atoms with Crippen LogP contribution in [0.25, 0.3) is 34.0 Å². The number of nitrogens with zero attached hydrogens (tertiary/aromatic N) is 2. The van der Waals surface area contributed by atoms with Crippen molar-refractivity contribution in [3.63, 3.8) is 0 Å². The number of aryl methyl sites for hydroxylation is 1. The molecule has 0 bridgehead atoms. The summed E-state index contributed by atoms with van der Waals surface area (Å²) in [5.41, 5.74) is 4.25. The minimum absolute atomic E-state index is 0.0533. The van der Waals surface area contributed by atoms with Crippen molar-refractivity contribution in [1.29, 1.82) is 0 Å². The summed E-state index contributed by atoms with van der Waals surface area (Å²) in [4.78, 5) is 29.4. The molecule has 0 spiro atoms. The third-order valence-corrected chi connectivity index (χ3v) is 6.73. The quantitative estimate of drug-likeness (QED) is 0.189. The standard InChI is InChI=1S/C34H30FN3O5/c1-20(2)42-27-14-12-23(13-15-27)25-5-4-6-26(19-25)32(39)36-30(34(40)41)18-22-9-16-28(29(35)17-22)31-37-33(43-38-31)24-10-7-21(3)8-11-24/h4-17,19-20,30H,18H2,1-3H3,(H,36,39)(H,40,41). The molecule has 5 aromatic rings. The fraction of sp³-hybridized carbons (Fsp3) is 0.176. The molecule has 9 heteroatoms. The monoisotopic (exact) mass is 579 g/mol. The van der Waals surface area contributed by atoms with Crippen LogP contribution in [-0.2, 0) is 11.2 Å². The summed E-state index contributed by atoms with van der Waals surface area (Å²) < 4.78 is 26.1. The minimum Gasteiger partial charge on any atom is -0.491 e. The van der Waals surface area contributed by atoms with Crippen molar-refractivity contribution in [1.82, 2.24) is 15.5 Å². The van der Waals surface area contributed by atoms with Gasteiger partial charge in [-0.15, -0.1) is 0 Å². The molecule has 0 radical (unpaired) electrons. The number of benzene rings is 4. The molecule has 0 aliphatic rings. The summed E-state index contributed by atoms with van der Waals surface area (Å²) in [5, 5.41) is 16.3. The molecule has 218 valence electrons. The summed E-state index contributed by atoms with van der Waals surface area (Å²) in [6.07, 6.45) is -0.0755. The number of carbonyl (C=O) groups excluding carboxylic acids is 1. The summed E-state index contributed by atoms with van der Waals surface area (Å²) in [6.45, 7) is 5.86. The molecule has 5 rings (SSSR count). The molecular formula is C34H30FN3O5. The van der Waals surface area contributed by atoms with Crippen molar-refractivity contribution in [3.8, 4) is 39.7 Å². The van der Waals surface area contributed by atoms with Crippen LogP contribution in [0.2, 0.25) is 0 Å². The van der Waals surface area contributed by atoms with Crippen LogP contribution in [0.1, 0.15) is 35.3 Å². The van der Waals surface area contributed by atoms with Crippen LogP contribution in [0, 0.1) is 12.7 Å². The van der Waals surface area contributed by atoms with Crippen LogP contribution in [0.4, 0.5) is 4.39 Å². The summed E-state index contributed by atoms with van der Waals surface area (Å²) in [6, 6.07) is 24.9. The number of hydrogen-bond acceptors (Lipinski definition) is 6. The second-order valence-corrected chi connectivity index (χ2v) is 10.4. The van der Waals surface area contributed by atoms with Gasteiger partial charge in [0.15, 0.2) is 0 Å². The van der Waals surface area contributed by atoms with E-state index in [1.54, 1.807) is 24.3 Å². The molecule has 1 heterocycles. The average molecular weight is 580 g/mol. The van der Waals surface area contributed by atoms with E-state index < -0.39 is 23.7 Å². The number of hydrogen-bond donors (Lipinski definition) is 2. The van der Waals surface area contributed by atoms with Gasteiger partial charge in [0.05, 0.1) is 11.7 Å². The zero-order chi connectivity index (χ0) is 30.5. The molecule has 0 aliphatic carbocycles. The third-order valence-electron chi connectivity index (χ3n) is 6.73. The molecule has 0 aliphatic heterocycles. The van der Waals surface area contributed by atoms with E-state index in [1.165, 1.54) is 12.1 Å². The van der Waals surface area contributed by atoms with E-state index in [-0.39, 0.29) is 29.8 Å². The fourth-order valence-corrected chi connectivity index (χ4v) is 4.53. The Hall–Kier alpha value is -5.31. The first-order valence-corrected chi connectivity index (χ1v) is 13.8. The highest BCUT2D eigenvalue weighted by molar-refractivity contribution is 5.97. The Morgan fingerprint density at radius 1 is 0.930 bits per heavy atom. The van der Waals surface area contributed by atoms with Gasteiger partial charge in [-0.3, -0.25) is 4.79 Å². The SMILES string of the molecule is Cc1ccc(-c2nc(-c3ccc(CC(NC(=O)c4cccc(-c5ccc(OC(C)C)cc5)c4)C(=O)O)cc3F)no2)cc1. The van der Waals surface area contributed by atoms with E-state index in [0.717, 1.165) is 22.4 Å². The van der Waals surface area contributed by atoms with Gasteiger partial charge in [-0.25, -0.2) is 9.18 Å². The number of ether oxygens (including phenoxy) is 1. The van der Waals surface area contributed by atoms with E-state index in [4.69, 9.17) is 9.26 Å². The Morgan fingerprint density at radius 2 is 1.65 bits per heavy atom. The van der Waals surface area contributed by atoms with Crippen molar-refractivity contribution in [3.05, 3.63) is 114 Å². The van der Waals surface area contributed by atoms with Gasteiger partial charge in [0.25, 0.3) is 11.8 Å². The van der Waals surface area contributed by atoms with Gasteiger partial charge in [0.2, 0.25) is 5.82 Å². The number of rotatable bonds is 10. The first-order chi connectivity index (χ1) is 20.7. The fourth-order valence-electron chi connectivity index (χ4n) is 4.53. The van der Waals surface area contributed by atoms with Gasteiger partial charge >= 0.3 is 5.97 Å². The van der Waals surface area contributed by atoms with E-state index in [9.17, 15) is 14.7 Å². The van der Waals surface area contributed by atoms with Crippen molar-refractivity contribution < 1.29 is 28.3 Å². The largest absolute Gasteiger partial charge is 0.491 e. The second kappa shape index (κ2) is 12.7. The Labute approximate surface area is 248 Å². The van der Waals surface area contributed by atoms with Crippen LogP contribution < -0.4 is 10.1 Å². The molecule has 1 aromatic heterocycles. The van der Waals surface area contributed by atoms with Crippen LogP contribution in [0.15, 0.2) is 95.5 Å². The summed E-state index contributed by atoms with van der Waals surface area (Å²) >= 11 is 0. The van der Waals surface area contributed by atoms with Crippen LogP contribution in [0.3, 0.4) is 0 Å². The number of halogens is 1. The maximum Gasteiger partial charge on any atom is 0.326 e. The Bertz CT molecular complexity index is 1750. The van der Waals surface area contributed by atoms with Gasteiger partial charge < -0.3 is 19.7 Å². The number of aliphatic carboxylic acids is 1. The van der Waals surface area contributed by atoms with Crippen molar-refractivity contribution in [2.75, 3.05) is 0 Å². The lowest BCUT2D eigenvalue weighted by Gasteiger charge is -2.16. The van der Waals surface area contributed by atoms with Gasteiger partial charge in [0, 0.05) is 17.5 Å². The number of carboxylic acids is 1. The lowest BCUT2D eigenvalue weighted by Crippen LogP contribution is -2.42. The lowest BCUT2D eigenvalue weighted by atomic mass is 10.0. The number of aromatic nitrogens is 2. The van der Waals surface area contributed by atoms with Crippen molar-refractivity contribution >= 4 is 11.9 Å². The zero-order valence-electron chi connectivity index (χ0n) is 23.9.